The highest BCUT2D eigenvalue weighted by molar-refractivity contribution is 5.90. The van der Waals surface area contributed by atoms with Crippen LogP contribution in [0.3, 0.4) is 0 Å². The van der Waals surface area contributed by atoms with Gasteiger partial charge in [0.2, 0.25) is 5.75 Å². The van der Waals surface area contributed by atoms with E-state index in [0.29, 0.717) is 46.8 Å². The van der Waals surface area contributed by atoms with Gasteiger partial charge >= 0.3 is 12.0 Å². The van der Waals surface area contributed by atoms with E-state index in [1.165, 1.54) is 47.6 Å². The highest BCUT2D eigenvalue weighted by atomic mass is 16.5. The first-order valence-electron chi connectivity index (χ1n) is 9.97. The molecule has 0 bridgehead atoms. The third-order valence-electron chi connectivity index (χ3n) is 5.48. The fraction of sp³-hybridized carbons (Fsp3) is 0.348. The van der Waals surface area contributed by atoms with Crippen LogP contribution in [-0.4, -0.2) is 47.5 Å². The van der Waals surface area contributed by atoms with E-state index >= 15 is 0 Å². The quantitative estimate of drug-likeness (QED) is 0.684. The van der Waals surface area contributed by atoms with E-state index in [1.54, 1.807) is 6.07 Å². The Kier molecular flexibility index (Phi) is 6.87. The van der Waals surface area contributed by atoms with Crippen molar-refractivity contribution in [1.82, 2.24) is 10.6 Å². The molecule has 9 heteroatoms. The fourth-order valence-corrected chi connectivity index (χ4v) is 3.97. The molecule has 0 spiro atoms. The lowest BCUT2D eigenvalue weighted by Crippen LogP contribution is -2.36. The van der Waals surface area contributed by atoms with Crippen LogP contribution in [0.1, 0.15) is 33.9 Å². The first-order chi connectivity index (χ1) is 15.4. The Morgan fingerprint density at radius 1 is 1.00 bits per heavy atom. The summed E-state index contributed by atoms with van der Waals surface area (Å²) in [7, 11) is 7.29. The normalized spacial score (nSPS) is 14.2. The van der Waals surface area contributed by atoms with Crippen LogP contribution in [0.4, 0.5) is 4.79 Å². The number of amides is 2. The van der Waals surface area contributed by atoms with Gasteiger partial charge in [0.15, 0.2) is 16.9 Å². The minimum absolute atomic E-state index is 0.111. The third kappa shape index (κ3) is 4.05. The zero-order chi connectivity index (χ0) is 23.4. The van der Waals surface area contributed by atoms with E-state index in [1.807, 2.05) is 6.07 Å². The van der Waals surface area contributed by atoms with Gasteiger partial charge in [-0.2, -0.15) is 0 Å². The highest BCUT2D eigenvalue weighted by Crippen LogP contribution is 2.50. The Bertz CT molecular complexity index is 1110. The number of carbonyl (C=O) groups is 2. The number of hydrogen-bond acceptors (Lipinski definition) is 7. The zero-order valence-corrected chi connectivity index (χ0v) is 18.7. The highest BCUT2D eigenvalue weighted by Gasteiger charge is 2.30. The summed E-state index contributed by atoms with van der Waals surface area (Å²) >= 11 is 0. The van der Waals surface area contributed by atoms with Crippen LogP contribution >= 0.6 is 0 Å². The molecule has 2 aromatic carbocycles. The average molecular weight is 442 g/mol. The van der Waals surface area contributed by atoms with Gasteiger partial charge in [-0.1, -0.05) is 6.07 Å². The SMILES string of the molecule is CNC(=O)N[C@H]1CCc2cc(OC)c(OC)c(OC)c2-c2ccc(C(=O)OC)c(=O)cc21. The zero-order valence-electron chi connectivity index (χ0n) is 18.7. The fourth-order valence-electron chi connectivity index (χ4n) is 3.97. The molecule has 2 aromatic rings. The van der Waals surface area contributed by atoms with Gasteiger partial charge < -0.3 is 29.6 Å². The monoisotopic (exact) mass is 442 g/mol. The summed E-state index contributed by atoms with van der Waals surface area (Å²) < 4.78 is 21.5. The second-order valence-electron chi connectivity index (χ2n) is 7.11. The van der Waals surface area contributed by atoms with Gasteiger partial charge in [0.25, 0.3) is 0 Å². The molecule has 32 heavy (non-hydrogen) atoms. The van der Waals surface area contributed by atoms with Gasteiger partial charge in [0, 0.05) is 12.6 Å². The standard InChI is InChI=1S/C23H26N2O7/c1-24-23(28)25-16-9-6-12-10-18(29-2)20(30-3)21(31-4)19(12)13-7-8-14(22(27)32-5)17(26)11-15(13)16/h7-8,10-11,16H,6,9H2,1-5H3,(H2,24,25,28)/t16-/m0/s1. The lowest BCUT2D eigenvalue weighted by atomic mass is 9.95. The number of urea groups is 1. The largest absolute Gasteiger partial charge is 0.493 e. The second-order valence-corrected chi connectivity index (χ2v) is 7.11. The molecule has 0 aliphatic heterocycles. The number of methoxy groups -OCH3 is 4. The van der Waals surface area contributed by atoms with Crippen molar-refractivity contribution in [3.05, 3.63) is 51.2 Å². The smallest absolute Gasteiger partial charge is 0.341 e. The molecule has 170 valence electrons. The number of aryl methyl sites for hydroxylation is 1. The van der Waals surface area contributed by atoms with Gasteiger partial charge in [0.05, 0.1) is 34.5 Å². The van der Waals surface area contributed by atoms with Crippen LogP contribution in [0.15, 0.2) is 29.1 Å². The number of esters is 1. The van der Waals surface area contributed by atoms with Crippen molar-refractivity contribution in [2.45, 2.75) is 18.9 Å². The number of ether oxygens (including phenoxy) is 4. The van der Waals surface area contributed by atoms with Crippen molar-refractivity contribution >= 4 is 12.0 Å². The molecule has 1 aliphatic rings. The van der Waals surface area contributed by atoms with E-state index in [2.05, 4.69) is 10.6 Å². The lowest BCUT2D eigenvalue weighted by Gasteiger charge is -2.19. The number of fused-ring (bicyclic) bond motifs is 3. The molecule has 0 radical (unpaired) electrons. The Labute approximate surface area is 185 Å². The van der Waals surface area contributed by atoms with Crippen molar-refractivity contribution in [1.29, 1.82) is 0 Å². The molecule has 1 aliphatic carbocycles. The molecule has 1 atom stereocenters. The summed E-state index contributed by atoms with van der Waals surface area (Å²) in [6, 6.07) is 5.43. The van der Waals surface area contributed by atoms with Crippen molar-refractivity contribution in [2.24, 2.45) is 0 Å². The number of hydrogen-bond donors (Lipinski definition) is 2. The summed E-state index contributed by atoms with van der Waals surface area (Å²) in [5.41, 5.74) is 2.15. The minimum atomic E-state index is -0.740. The van der Waals surface area contributed by atoms with Crippen LogP contribution in [-0.2, 0) is 11.2 Å². The molecule has 0 unspecified atom stereocenters. The summed E-state index contributed by atoms with van der Waals surface area (Å²) in [5.74, 6) is 0.597. The van der Waals surface area contributed by atoms with Crippen LogP contribution in [0.25, 0.3) is 11.1 Å². The predicted molar refractivity (Wildman–Crippen MR) is 118 cm³/mol. The molecule has 0 saturated heterocycles. The maximum absolute atomic E-state index is 12.9. The van der Waals surface area contributed by atoms with Gasteiger partial charge in [-0.15, -0.1) is 0 Å². The van der Waals surface area contributed by atoms with Crippen molar-refractivity contribution in [3.8, 4) is 28.4 Å². The van der Waals surface area contributed by atoms with Crippen molar-refractivity contribution in [3.63, 3.8) is 0 Å². The predicted octanol–water partition coefficient (Wildman–Crippen LogP) is 2.44. The summed E-state index contributed by atoms with van der Waals surface area (Å²) in [6.45, 7) is 0. The Morgan fingerprint density at radius 2 is 1.72 bits per heavy atom. The van der Waals surface area contributed by atoms with E-state index < -0.39 is 17.4 Å². The van der Waals surface area contributed by atoms with Gasteiger partial charge in [-0.25, -0.2) is 9.59 Å². The first-order valence-corrected chi connectivity index (χ1v) is 9.97. The van der Waals surface area contributed by atoms with E-state index in [-0.39, 0.29) is 11.6 Å². The Balaban J connectivity index is 2.40. The average Bonchev–Trinajstić information content (AvgIpc) is 3.05. The van der Waals surface area contributed by atoms with Crippen LogP contribution in [0, 0.1) is 0 Å². The molecular weight excluding hydrogens is 416 g/mol. The summed E-state index contributed by atoms with van der Waals surface area (Å²) in [6.07, 6.45) is 1.07. The molecule has 0 aromatic heterocycles. The maximum Gasteiger partial charge on any atom is 0.341 e. The van der Waals surface area contributed by atoms with Gasteiger partial charge in [-0.05, 0) is 47.7 Å². The van der Waals surface area contributed by atoms with Crippen molar-refractivity contribution in [2.75, 3.05) is 35.5 Å². The number of benzene rings is 1. The van der Waals surface area contributed by atoms with E-state index in [9.17, 15) is 14.4 Å². The number of carbonyl (C=O) groups excluding carboxylic acids is 2. The second kappa shape index (κ2) is 9.59. The van der Waals surface area contributed by atoms with E-state index in [4.69, 9.17) is 18.9 Å². The Hall–Kier alpha value is -3.75. The molecule has 0 saturated carbocycles. The van der Waals surface area contributed by atoms with Crippen LogP contribution < -0.4 is 30.3 Å². The molecule has 3 rings (SSSR count). The molecular formula is C23H26N2O7. The third-order valence-corrected chi connectivity index (χ3v) is 5.48. The number of nitrogens with one attached hydrogen (secondary N) is 2. The van der Waals surface area contributed by atoms with Crippen LogP contribution in [0.5, 0.6) is 17.2 Å². The molecule has 2 amide bonds. The Morgan fingerprint density at radius 3 is 2.31 bits per heavy atom. The molecule has 0 fully saturated rings. The van der Waals surface area contributed by atoms with Crippen LogP contribution in [0.2, 0.25) is 0 Å². The summed E-state index contributed by atoms with van der Waals surface area (Å²) in [5, 5.41) is 5.43. The maximum atomic E-state index is 12.9. The number of rotatable bonds is 5. The van der Waals surface area contributed by atoms with Crippen molar-refractivity contribution < 1.29 is 28.5 Å². The van der Waals surface area contributed by atoms with Gasteiger partial charge in [0.1, 0.15) is 5.56 Å². The topological polar surface area (TPSA) is 112 Å². The van der Waals surface area contributed by atoms with E-state index in [0.717, 1.165) is 5.56 Å². The molecule has 0 heterocycles. The lowest BCUT2D eigenvalue weighted by molar-refractivity contribution is 0.0599. The summed E-state index contributed by atoms with van der Waals surface area (Å²) in [4.78, 5) is 37.2. The minimum Gasteiger partial charge on any atom is -0.493 e. The molecule has 9 nitrogen and oxygen atoms in total. The molecule has 2 N–H and O–H groups in total. The van der Waals surface area contributed by atoms with Gasteiger partial charge in [-0.3, -0.25) is 4.79 Å². The first kappa shape index (κ1) is 22.9.